The van der Waals surface area contributed by atoms with E-state index in [1.807, 2.05) is 24.9 Å². The molecular formula is C27H25F3N6O3S. The van der Waals surface area contributed by atoms with Crippen molar-refractivity contribution in [2.45, 2.75) is 44.9 Å². The van der Waals surface area contributed by atoms with E-state index in [1.165, 1.54) is 36.7 Å². The highest BCUT2D eigenvalue weighted by molar-refractivity contribution is 7.22. The number of likely N-dealkylation sites (N-methyl/N-ethyl adjacent to an activating group) is 1. The molecule has 3 heterocycles. The zero-order valence-electron chi connectivity index (χ0n) is 21.7. The fourth-order valence-electron chi connectivity index (χ4n) is 4.56. The van der Waals surface area contributed by atoms with Gasteiger partial charge in [-0.1, -0.05) is 23.5 Å². The second-order valence-electron chi connectivity index (χ2n) is 9.50. The Labute approximate surface area is 231 Å². The molecule has 0 radical (unpaired) electrons. The van der Waals surface area contributed by atoms with Crippen LogP contribution in [0, 0.1) is 0 Å². The van der Waals surface area contributed by atoms with Crippen LogP contribution < -0.4 is 15.4 Å². The van der Waals surface area contributed by atoms with Crippen LogP contribution in [-0.2, 0) is 15.8 Å². The topological polar surface area (TPSA) is 109 Å². The molecule has 2 amide bonds. The van der Waals surface area contributed by atoms with Gasteiger partial charge in [-0.2, -0.15) is 13.2 Å². The molecule has 13 heteroatoms. The number of thiazole rings is 1. The molecule has 2 aromatic heterocycles. The molecule has 0 saturated carbocycles. The number of fused-ring (bicyclic) bond motifs is 1. The maximum atomic E-state index is 13.6. The van der Waals surface area contributed by atoms with E-state index in [2.05, 4.69) is 25.6 Å². The third-order valence-electron chi connectivity index (χ3n) is 6.75. The largest absolute Gasteiger partial charge is 0.437 e. The lowest BCUT2D eigenvalue weighted by Crippen LogP contribution is -2.39. The zero-order chi connectivity index (χ0) is 28.6. The quantitative estimate of drug-likeness (QED) is 0.295. The summed E-state index contributed by atoms with van der Waals surface area (Å²) in [7, 11) is 1.82. The molecule has 2 aromatic carbocycles. The molecule has 40 heavy (non-hydrogen) atoms. The predicted molar refractivity (Wildman–Crippen MR) is 145 cm³/mol. The minimum atomic E-state index is -4.60. The van der Waals surface area contributed by atoms with Gasteiger partial charge in [-0.15, -0.1) is 0 Å². The fraction of sp³-hybridized carbons (Fsp3) is 0.296. The SMILES string of the molecule is CC(=O)Nc1nc2c(Oc3cc(-c4ccc(C(F)(F)F)cc4NC(=O)[C@@H]4CC[C@H](C)N4C)ncn3)cccc2s1. The molecular weight excluding hydrogens is 545 g/mol. The maximum absolute atomic E-state index is 13.6. The molecule has 208 valence electrons. The number of amides is 2. The average molecular weight is 571 g/mol. The number of likely N-dealkylation sites (tertiary alicyclic amines) is 1. The summed E-state index contributed by atoms with van der Waals surface area (Å²) < 4.78 is 47.5. The van der Waals surface area contributed by atoms with Crippen molar-refractivity contribution in [3.63, 3.8) is 0 Å². The zero-order valence-corrected chi connectivity index (χ0v) is 22.6. The second-order valence-corrected chi connectivity index (χ2v) is 10.5. The van der Waals surface area contributed by atoms with Gasteiger partial charge in [0.25, 0.3) is 0 Å². The normalized spacial score (nSPS) is 17.6. The average Bonchev–Trinajstić information content (AvgIpc) is 3.46. The second kappa shape index (κ2) is 10.8. The first-order valence-electron chi connectivity index (χ1n) is 12.4. The molecule has 2 atom stereocenters. The molecule has 1 aliphatic heterocycles. The van der Waals surface area contributed by atoms with Crippen molar-refractivity contribution in [2.75, 3.05) is 17.7 Å². The standard InChI is InChI=1S/C27H25F3N6O3S/c1-14-7-10-20(36(14)3)25(38)34-19-11-16(27(28,29)30)8-9-17(19)18-12-23(32-13-31-18)39-21-5-4-6-22-24(21)35-26(40-22)33-15(2)37/h4-6,8-9,11-14,20H,7,10H2,1-3H3,(H,34,38)(H,33,35,37)/t14-,20-/m0/s1. The van der Waals surface area contributed by atoms with E-state index >= 15 is 0 Å². The van der Waals surface area contributed by atoms with Crippen LogP contribution >= 0.6 is 11.3 Å². The van der Waals surface area contributed by atoms with Crippen LogP contribution in [0.5, 0.6) is 11.6 Å². The first kappa shape index (κ1) is 27.5. The van der Waals surface area contributed by atoms with Gasteiger partial charge < -0.3 is 15.4 Å². The molecule has 0 bridgehead atoms. The number of aromatic nitrogens is 3. The monoisotopic (exact) mass is 570 g/mol. The summed E-state index contributed by atoms with van der Waals surface area (Å²) in [4.78, 5) is 39.2. The molecule has 0 unspecified atom stereocenters. The lowest BCUT2D eigenvalue weighted by Gasteiger charge is -2.23. The molecule has 5 rings (SSSR count). The molecule has 1 saturated heterocycles. The minimum Gasteiger partial charge on any atom is -0.437 e. The van der Waals surface area contributed by atoms with Gasteiger partial charge in [-0.3, -0.25) is 14.5 Å². The summed E-state index contributed by atoms with van der Waals surface area (Å²) in [6.45, 7) is 3.38. The number of hydrogen-bond donors (Lipinski definition) is 2. The number of benzene rings is 2. The minimum absolute atomic E-state index is 0.0148. The smallest absolute Gasteiger partial charge is 0.416 e. The van der Waals surface area contributed by atoms with Crippen LogP contribution in [0.3, 0.4) is 0 Å². The lowest BCUT2D eigenvalue weighted by molar-refractivity contribution is -0.137. The number of nitrogens with one attached hydrogen (secondary N) is 2. The van der Waals surface area contributed by atoms with E-state index in [0.717, 1.165) is 23.3 Å². The molecule has 9 nitrogen and oxygen atoms in total. The lowest BCUT2D eigenvalue weighted by atomic mass is 10.0. The summed E-state index contributed by atoms with van der Waals surface area (Å²) >= 11 is 1.28. The van der Waals surface area contributed by atoms with Gasteiger partial charge in [0.1, 0.15) is 11.8 Å². The Balaban J connectivity index is 1.47. The van der Waals surface area contributed by atoms with Crippen LogP contribution in [0.4, 0.5) is 24.0 Å². The Morgan fingerprint density at radius 2 is 1.90 bits per heavy atom. The highest BCUT2D eigenvalue weighted by atomic mass is 32.1. The van der Waals surface area contributed by atoms with Gasteiger partial charge in [0, 0.05) is 24.6 Å². The number of para-hydroxylation sites is 1. The maximum Gasteiger partial charge on any atom is 0.416 e. The van der Waals surface area contributed by atoms with Gasteiger partial charge in [0.05, 0.1) is 27.7 Å². The van der Waals surface area contributed by atoms with Crippen molar-refractivity contribution in [3.8, 4) is 22.9 Å². The third-order valence-corrected chi connectivity index (χ3v) is 7.69. The van der Waals surface area contributed by atoms with Gasteiger partial charge in [0.15, 0.2) is 10.9 Å². The van der Waals surface area contributed by atoms with E-state index in [0.29, 0.717) is 22.8 Å². The van der Waals surface area contributed by atoms with Gasteiger partial charge in [-0.05, 0) is 51.1 Å². The number of carbonyl (C=O) groups is 2. The third kappa shape index (κ3) is 5.75. The van der Waals surface area contributed by atoms with Crippen molar-refractivity contribution < 1.29 is 27.5 Å². The number of anilines is 2. The molecule has 1 fully saturated rings. The van der Waals surface area contributed by atoms with Gasteiger partial charge in [0.2, 0.25) is 17.7 Å². The van der Waals surface area contributed by atoms with E-state index in [1.54, 1.807) is 12.1 Å². The Morgan fingerprint density at radius 1 is 1.10 bits per heavy atom. The summed E-state index contributed by atoms with van der Waals surface area (Å²) in [5.74, 6) is -0.152. The number of rotatable bonds is 6. The summed E-state index contributed by atoms with van der Waals surface area (Å²) in [5, 5.41) is 5.76. The molecule has 0 aliphatic carbocycles. The molecule has 2 N–H and O–H groups in total. The van der Waals surface area contributed by atoms with E-state index < -0.39 is 17.8 Å². The number of carbonyl (C=O) groups excluding carboxylic acids is 2. The van der Waals surface area contributed by atoms with Gasteiger partial charge in [-0.25, -0.2) is 15.0 Å². The number of ether oxygens (including phenoxy) is 1. The molecule has 4 aromatic rings. The predicted octanol–water partition coefficient (Wildman–Crippen LogP) is 5.94. The Bertz CT molecular complexity index is 1590. The highest BCUT2D eigenvalue weighted by Crippen LogP contribution is 2.38. The van der Waals surface area contributed by atoms with Crippen molar-refractivity contribution in [1.82, 2.24) is 19.9 Å². The van der Waals surface area contributed by atoms with Crippen molar-refractivity contribution in [1.29, 1.82) is 0 Å². The fourth-order valence-corrected chi connectivity index (χ4v) is 5.49. The highest BCUT2D eigenvalue weighted by Gasteiger charge is 2.34. The summed E-state index contributed by atoms with van der Waals surface area (Å²) in [6, 6.07) is 9.61. The van der Waals surface area contributed by atoms with Crippen molar-refractivity contribution in [3.05, 3.63) is 54.4 Å². The number of halogens is 3. The van der Waals surface area contributed by atoms with Crippen molar-refractivity contribution in [2.24, 2.45) is 0 Å². The molecule has 1 aliphatic rings. The Morgan fingerprint density at radius 3 is 2.60 bits per heavy atom. The van der Waals surface area contributed by atoms with Gasteiger partial charge >= 0.3 is 6.18 Å². The first-order chi connectivity index (χ1) is 19.0. The van der Waals surface area contributed by atoms with Crippen LogP contribution in [-0.4, -0.2) is 50.8 Å². The van der Waals surface area contributed by atoms with E-state index in [-0.39, 0.29) is 40.7 Å². The summed E-state index contributed by atoms with van der Waals surface area (Å²) in [5.41, 5.74) is 0.136. The number of hydrogen-bond acceptors (Lipinski definition) is 8. The number of nitrogens with zero attached hydrogens (tertiary/aromatic N) is 4. The van der Waals surface area contributed by atoms with Crippen LogP contribution in [0.1, 0.15) is 32.3 Å². The molecule has 0 spiro atoms. The Kier molecular flexibility index (Phi) is 7.43. The first-order valence-corrected chi connectivity index (χ1v) is 13.2. The number of alkyl halides is 3. The van der Waals surface area contributed by atoms with Crippen molar-refractivity contribution >= 4 is 44.2 Å². The summed E-state index contributed by atoms with van der Waals surface area (Å²) in [6.07, 6.45) is -1.95. The van der Waals surface area contributed by atoms with E-state index in [4.69, 9.17) is 4.74 Å². The van der Waals surface area contributed by atoms with Crippen LogP contribution in [0.25, 0.3) is 21.5 Å². The van der Waals surface area contributed by atoms with Crippen LogP contribution in [0.2, 0.25) is 0 Å². The van der Waals surface area contributed by atoms with Crippen LogP contribution in [0.15, 0.2) is 48.8 Å². The van der Waals surface area contributed by atoms with E-state index in [9.17, 15) is 22.8 Å². The Hall–Kier alpha value is -4.10.